The van der Waals surface area contributed by atoms with Crippen LogP contribution < -0.4 is 0 Å². The lowest BCUT2D eigenvalue weighted by atomic mass is 9.70. The Bertz CT molecular complexity index is 1470. The Labute approximate surface area is 190 Å². The molecule has 0 saturated carbocycles. The number of carbonyl (C=O) groups is 1. The maximum Gasteiger partial charge on any atom is 0.321 e. The normalized spacial score (nSPS) is 13.6. The highest BCUT2D eigenvalue weighted by Crippen LogP contribution is 2.44. The van der Waals surface area contributed by atoms with Crippen LogP contribution in [0.4, 0.5) is 8.78 Å². The van der Waals surface area contributed by atoms with E-state index < -0.39 is 24.2 Å². The molecule has 0 aliphatic heterocycles. The molecule has 0 amide bonds. The first-order valence-corrected chi connectivity index (χ1v) is 11.0. The van der Waals surface area contributed by atoms with E-state index >= 15 is 0 Å². The standard InChI is InChI=1S/C28H23F2NO2/c1-2-33-27(32)28(17-26(29)30,23-12-7-9-18-8-3-4-10-20(18)23)19-14-15-25-22(16-19)21-11-5-6-13-24(21)31-25/h3-16,26,31H,2,17H2,1H3. The summed E-state index contributed by atoms with van der Waals surface area (Å²) < 4.78 is 33.9. The van der Waals surface area contributed by atoms with Crippen molar-refractivity contribution < 1.29 is 18.3 Å². The number of hydrogen-bond acceptors (Lipinski definition) is 2. The lowest BCUT2D eigenvalue weighted by Crippen LogP contribution is -2.41. The number of halogens is 2. The monoisotopic (exact) mass is 443 g/mol. The van der Waals surface area contributed by atoms with Crippen LogP contribution in [0.1, 0.15) is 24.5 Å². The van der Waals surface area contributed by atoms with E-state index in [9.17, 15) is 13.6 Å². The van der Waals surface area contributed by atoms with Gasteiger partial charge in [0.05, 0.1) is 6.61 Å². The largest absolute Gasteiger partial charge is 0.465 e. The number of aromatic nitrogens is 1. The van der Waals surface area contributed by atoms with Crippen molar-refractivity contribution in [2.45, 2.75) is 25.2 Å². The molecule has 5 heteroatoms. The molecule has 166 valence electrons. The van der Waals surface area contributed by atoms with E-state index in [-0.39, 0.29) is 6.61 Å². The zero-order valence-electron chi connectivity index (χ0n) is 18.1. The number of H-pyrrole nitrogens is 1. The van der Waals surface area contributed by atoms with Crippen LogP contribution in [-0.2, 0) is 14.9 Å². The van der Waals surface area contributed by atoms with Gasteiger partial charge >= 0.3 is 5.97 Å². The van der Waals surface area contributed by atoms with Crippen LogP contribution in [0.15, 0.2) is 84.9 Å². The molecule has 0 bridgehead atoms. The van der Waals surface area contributed by atoms with Crippen LogP contribution in [0.3, 0.4) is 0 Å². The summed E-state index contributed by atoms with van der Waals surface area (Å²) in [6, 6.07) is 26.3. The predicted octanol–water partition coefficient (Wildman–Crippen LogP) is 6.98. The number of rotatable bonds is 6. The number of alkyl halides is 2. The van der Waals surface area contributed by atoms with Crippen LogP contribution in [0.2, 0.25) is 0 Å². The molecule has 1 heterocycles. The molecule has 0 radical (unpaired) electrons. The van der Waals surface area contributed by atoms with Crippen molar-refractivity contribution in [2.75, 3.05) is 6.61 Å². The van der Waals surface area contributed by atoms with Gasteiger partial charge in [-0.25, -0.2) is 8.78 Å². The van der Waals surface area contributed by atoms with E-state index in [1.54, 1.807) is 25.1 Å². The summed E-state index contributed by atoms with van der Waals surface area (Å²) >= 11 is 0. The van der Waals surface area contributed by atoms with Crippen LogP contribution in [0, 0.1) is 0 Å². The smallest absolute Gasteiger partial charge is 0.321 e. The van der Waals surface area contributed by atoms with Gasteiger partial charge in [-0.2, -0.15) is 0 Å². The minimum atomic E-state index is -2.72. The number of nitrogens with one attached hydrogen (secondary N) is 1. The second-order valence-electron chi connectivity index (χ2n) is 8.18. The van der Waals surface area contributed by atoms with Gasteiger partial charge in [0.1, 0.15) is 5.41 Å². The average molecular weight is 443 g/mol. The van der Waals surface area contributed by atoms with Crippen molar-refractivity contribution >= 4 is 38.5 Å². The van der Waals surface area contributed by atoms with Crippen LogP contribution >= 0.6 is 0 Å². The fourth-order valence-electron chi connectivity index (χ4n) is 4.89. The summed E-state index contributed by atoms with van der Waals surface area (Å²) in [5, 5.41) is 3.49. The average Bonchev–Trinajstić information content (AvgIpc) is 3.20. The molecule has 0 saturated heterocycles. The van der Waals surface area contributed by atoms with Gasteiger partial charge in [0.25, 0.3) is 0 Å². The number of aromatic amines is 1. The van der Waals surface area contributed by atoms with Crippen molar-refractivity contribution in [2.24, 2.45) is 0 Å². The number of ether oxygens (including phenoxy) is 1. The first-order valence-electron chi connectivity index (χ1n) is 11.0. The fraction of sp³-hybridized carbons (Fsp3) is 0.179. The number of esters is 1. The van der Waals surface area contributed by atoms with Gasteiger partial charge in [-0.1, -0.05) is 66.7 Å². The van der Waals surface area contributed by atoms with E-state index in [4.69, 9.17) is 4.74 Å². The highest BCUT2D eigenvalue weighted by molar-refractivity contribution is 6.08. The molecule has 1 atom stereocenters. The quantitative estimate of drug-likeness (QED) is 0.288. The summed E-state index contributed by atoms with van der Waals surface area (Å²) in [6.07, 6.45) is -3.39. The van der Waals surface area contributed by atoms with Gasteiger partial charge in [-0.3, -0.25) is 4.79 Å². The second kappa shape index (κ2) is 8.32. The first-order chi connectivity index (χ1) is 16.0. The summed E-state index contributed by atoms with van der Waals surface area (Å²) in [5.41, 5.74) is 1.20. The summed E-state index contributed by atoms with van der Waals surface area (Å²) in [7, 11) is 0. The van der Waals surface area contributed by atoms with Gasteiger partial charge < -0.3 is 9.72 Å². The van der Waals surface area contributed by atoms with Crippen molar-refractivity contribution in [1.82, 2.24) is 4.98 Å². The van der Waals surface area contributed by atoms with Crippen molar-refractivity contribution in [3.05, 3.63) is 96.1 Å². The Hall–Kier alpha value is -3.73. The molecule has 1 aromatic heterocycles. The molecular formula is C28H23F2NO2. The van der Waals surface area contributed by atoms with Crippen LogP contribution in [-0.4, -0.2) is 24.0 Å². The number of carbonyl (C=O) groups excluding carboxylic acids is 1. The predicted molar refractivity (Wildman–Crippen MR) is 128 cm³/mol. The highest BCUT2D eigenvalue weighted by atomic mass is 19.3. The third kappa shape index (κ3) is 3.44. The Balaban J connectivity index is 1.87. The maximum atomic E-state index is 14.2. The van der Waals surface area contributed by atoms with E-state index in [1.165, 1.54) is 0 Å². The minimum absolute atomic E-state index is 0.101. The van der Waals surface area contributed by atoms with Crippen LogP contribution in [0.25, 0.3) is 32.6 Å². The lowest BCUT2D eigenvalue weighted by Gasteiger charge is -2.33. The SMILES string of the molecule is CCOC(=O)C(CC(F)F)(c1ccc2[nH]c3ccccc3c2c1)c1cccc2ccccc12. The molecule has 0 fully saturated rings. The molecule has 5 rings (SSSR count). The zero-order valence-corrected chi connectivity index (χ0v) is 18.1. The topological polar surface area (TPSA) is 42.1 Å². The summed E-state index contributed by atoms with van der Waals surface area (Å²) in [4.78, 5) is 17.0. The Morgan fingerprint density at radius 3 is 2.36 bits per heavy atom. The number of benzene rings is 4. The van der Waals surface area contributed by atoms with Crippen molar-refractivity contribution in [1.29, 1.82) is 0 Å². The molecule has 0 aliphatic rings. The molecule has 0 aliphatic carbocycles. The van der Waals surface area contributed by atoms with E-state index in [0.717, 1.165) is 32.6 Å². The molecule has 3 nitrogen and oxygen atoms in total. The van der Waals surface area contributed by atoms with Crippen LogP contribution in [0.5, 0.6) is 0 Å². The van der Waals surface area contributed by atoms with Gasteiger partial charge in [0.2, 0.25) is 6.43 Å². The highest BCUT2D eigenvalue weighted by Gasteiger charge is 2.47. The zero-order chi connectivity index (χ0) is 23.0. The molecule has 33 heavy (non-hydrogen) atoms. The first kappa shape index (κ1) is 21.1. The van der Waals surface area contributed by atoms with Gasteiger partial charge in [0, 0.05) is 28.2 Å². The van der Waals surface area contributed by atoms with Crippen molar-refractivity contribution in [3.8, 4) is 0 Å². The third-order valence-corrected chi connectivity index (χ3v) is 6.33. The molecule has 1 unspecified atom stereocenters. The molecule has 1 N–H and O–H groups in total. The van der Waals surface area contributed by atoms with Gasteiger partial charge in [0.15, 0.2) is 0 Å². The molecule has 4 aromatic carbocycles. The third-order valence-electron chi connectivity index (χ3n) is 6.33. The number of hydrogen-bond donors (Lipinski definition) is 1. The second-order valence-corrected chi connectivity index (χ2v) is 8.18. The number of fused-ring (bicyclic) bond motifs is 4. The summed E-state index contributed by atoms with van der Waals surface area (Å²) in [5.74, 6) is -0.666. The Morgan fingerprint density at radius 2 is 1.58 bits per heavy atom. The van der Waals surface area contributed by atoms with Crippen molar-refractivity contribution in [3.63, 3.8) is 0 Å². The van der Waals surface area contributed by atoms with E-state index in [0.29, 0.717) is 11.1 Å². The summed E-state index contributed by atoms with van der Waals surface area (Å²) in [6.45, 7) is 1.79. The number of para-hydroxylation sites is 1. The lowest BCUT2D eigenvalue weighted by molar-refractivity contribution is -0.150. The molecule has 0 spiro atoms. The Morgan fingerprint density at radius 1 is 0.879 bits per heavy atom. The van der Waals surface area contributed by atoms with Gasteiger partial charge in [-0.15, -0.1) is 0 Å². The minimum Gasteiger partial charge on any atom is -0.465 e. The Kier molecular flexibility index (Phi) is 5.33. The maximum absolute atomic E-state index is 14.2. The molecule has 5 aromatic rings. The molecular weight excluding hydrogens is 420 g/mol. The fourth-order valence-corrected chi connectivity index (χ4v) is 4.89. The van der Waals surface area contributed by atoms with E-state index in [2.05, 4.69) is 4.98 Å². The van der Waals surface area contributed by atoms with E-state index in [1.807, 2.05) is 66.7 Å². The van der Waals surface area contributed by atoms with Gasteiger partial charge in [-0.05, 0) is 47.0 Å².